The van der Waals surface area contributed by atoms with Crippen LogP contribution in [0.5, 0.6) is 0 Å². The summed E-state index contributed by atoms with van der Waals surface area (Å²) in [4.78, 5) is 14.3. The smallest absolute Gasteiger partial charge is 0.261 e. The average Bonchev–Trinajstić information content (AvgIpc) is 2.74. The molecule has 0 spiro atoms. The number of amides is 1. The molecule has 0 heterocycles. The van der Waals surface area contributed by atoms with Gasteiger partial charge in [-0.3, -0.25) is 9.52 Å². The highest BCUT2D eigenvalue weighted by Gasteiger charge is 2.14. The minimum atomic E-state index is -3.81. The van der Waals surface area contributed by atoms with Crippen molar-refractivity contribution < 1.29 is 17.6 Å². The molecular weight excluding hydrogens is 429 g/mol. The summed E-state index contributed by atoms with van der Waals surface area (Å²) in [5.74, 6) is -0.630. The third-order valence-electron chi connectivity index (χ3n) is 4.71. The molecule has 0 saturated heterocycles. The van der Waals surface area contributed by atoms with Crippen molar-refractivity contribution in [3.63, 3.8) is 0 Å². The SMILES string of the molecule is CN(C)Cc1ccc(CNC(=O)Cc2ccc(NS(=O)(=O)c3ccc(F)cc3)cc2)cc1. The van der Waals surface area contributed by atoms with Crippen LogP contribution in [0, 0.1) is 5.82 Å². The van der Waals surface area contributed by atoms with Gasteiger partial charge >= 0.3 is 0 Å². The van der Waals surface area contributed by atoms with Gasteiger partial charge in [-0.2, -0.15) is 0 Å². The minimum absolute atomic E-state index is 0.0305. The molecule has 0 aliphatic carbocycles. The molecule has 0 radical (unpaired) electrons. The molecule has 1 amide bonds. The van der Waals surface area contributed by atoms with Gasteiger partial charge in [0.05, 0.1) is 11.3 Å². The maximum Gasteiger partial charge on any atom is 0.261 e. The number of carbonyl (C=O) groups is 1. The molecule has 32 heavy (non-hydrogen) atoms. The van der Waals surface area contributed by atoms with E-state index in [1.807, 2.05) is 38.4 Å². The lowest BCUT2D eigenvalue weighted by molar-refractivity contribution is -0.120. The molecule has 0 bridgehead atoms. The fourth-order valence-electron chi connectivity index (χ4n) is 3.09. The van der Waals surface area contributed by atoms with Gasteiger partial charge in [0.15, 0.2) is 0 Å². The number of anilines is 1. The lowest BCUT2D eigenvalue weighted by atomic mass is 10.1. The van der Waals surface area contributed by atoms with Gasteiger partial charge in [-0.25, -0.2) is 12.8 Å². The third-order valence-corrected chi connectivity index (χ3v) is 6.10. The summed E-state index contributed by atoms with van der Waals surface area (Å²) in [6.45, 7) is 1.30. The number of carbonyl (C=O) groups excluding carboxylic acids is 1. The molecule has 0 saturated carbocycles. The van der Waals surface area contributed by atoms with Crippen molar-refractivity contribution in [2.75, 3.05) is 18.8 Å². The number of nitrogens with zero attached hydrogens (tertiary/aromatic N) is 1. The van der Waals surface area contributed by atoms with E-state index in [4.69, 9.17) is 0 Å². The molecule has 0 aromatic heterocycles. The largest absolute Gasteiger partial charge is 0.352 e. The molecule has 0 unspecified atom stereocenters. The fraction of sp³-hybridized carbons (Fsp3) is 0.208. The molecule has 2 N–H and O–H groups in total. The molecule has 0 aliphatic heterocycles. The van der Waals surface area contributed by atoms with Crippen LogP contribution in [0.25, 0.3) is 0 Å². The Balaban J connectivity index is 1.51. The Labute approximate surface area is 188 Å². The zero-order chi connectivity index (χ0) is 23.1. The van der Waals surface area contributed by atoms with Crippen molar-refractivity contribution >= 4 is 21.6 Å². The van der Waals surface area contributed by atoms with E-state index in [1.165, 1.54) is 17.7 Å². The van der Waals surface area contributed by atoms with Gasteiger partial charge in [0.1, 0.15) is 5.82 Å². The number of sulfonamides is 1. The molecule has 0 aliphatic rings. The fourth-order valence-corrected chi connectivity index (χ4v) is 4.15. The van der Waals surface area contributed by atoms with Crippen LogP contribution in [0.1, 0.15) is 16.7 Å². The van der Waals surface area contributed by atoms with Crippen LogP contribution >= 0.6 is 0 Å². The van der Waals surface area contributed by atoms with Crippen molar-refractivity contribution in [3.05, 3.63) is 95.3 Å². The van der Waals surface area contributed by atoms with Gasteiger partial charge in [-0.05, 0) is 67.2 Å². The van der Waals surface area contributed by atoms with Gasteiger partial charge in [-0.15, -0.1) is 0 Å². The highest BCUT2D eigenvalue weighted by atomic mass is 32.2. The van der Waals surface area contributed by atoms with E-state index in [2.05, 4.69) is 14.9 Å². The Bertz CT molecular complexity index is 1140. The van der Waals surface area contributed by atoms with Gasteiger partial charge in [0.25, 0.3) is 10.0 Å². The van der Waals surface area contributed by atoms with Crippen LogP contribution in [0.4, 0.5) is 10.1 Å². The van der Waals surface area contributed by atoms with Gasteiger partial charge in [0, 0.05) is 18.8 Å². The molecule has 3 aromatic rings. The summed E-state index contributed by atoms with van der Waals surface area (Å²) in [7, 11) is 0.216. The number of nitrogens with one attached hydrogen (secondary N) is 2. The average molecular weight is 456 g/mol. The van der Waals surface area contributed by atoms with Crippen LogP contribution in [0.3, 0.4) is 0 Å². The monoisotopic (exact) mass is 455 g/mol. The Kier molecular flexibility index (Phi) is 7.61. The van der Waals surface area contributed by atoms with Crippen molar-refractivity contribution in [1.29, 1.82) is 0 Å². The van der Waals surface area contributed by atoms with E-state index in [-0.39, 0.29) is 17.2 Å². The second-order valence-corrected chi connectivity index (χ2v) is 9.45. The lowest BCUT2D eigenvalue weighted by Gasteiger charge is -2.11. The summed E-state index contributed by atoms with van der Waals surface area (Å²) in [5.41, 5.74) is 3.34. The van der Waals surface area contributed by atoms with E-state index in [9.17, 15) is 17.6 Å². The predicted octanol–water partition coefficient (Wildman–Crippen LogP) is 3.55. The summed E-state index contributed by atoms with van der Waals surface area (Å²) < 4.78 is 40.2. The minimum Gasteiger partial charge on any atom is -0.352 e. The standard InChI is InChI=1S/C24H26FN3O3S/c1-28(2)17-20-5-3-19(4-6-20)16-26-24(29)15-18-7-11-22(12-8-18)27-32(30,31)23-13-9-21(25)10-14-23/h3-14,27H,15-17H2,1-2H3,(H,26,29). The molecule has 8 heteroatoms. The lowest BCUT2D eigenvalue weighted by Crippen LogP contribution is -2.24. The van der Waals surface area contributed by atoms with E-state index < -0.39 is 15.8 Å². The molecule has 168 valence electrons. The highest BCUT2D eigenvalue weighted by molar-refractivity contribution is 7.92. The van der Waals surface area contributed by atoms with Crippen LogP contribution < -0.4 is 10.0 Å². The number of benzene rings is 3. The van der Waals surface area contributed by atoms with Crippen LogP contribution in [-0.2, 0) is 34.3 Å². The number of halogens is 1. The number of hydrogen-bond donors (Lipinski definition) is 2. The summed E-state index contributed by atoms with van der Waals surface area (Å²) in [5, 5.41) is 2.90. The van der Waals surface area contributed by atoms with E-state index in [0.717, 1.165) is 29.8 Å². The number of hydrogen-bond acceptors (Lipinski definition) is 4. The van der Waals surface area contributed by atoms with Gasteiger partial charge in [0.2, 0.25) is 5.91 Å². The molecule has 0 atom stereocenters. The van der Waals surface area contributed by atoms with Crippen LogP contribution in [-0.4, -0.2) is 33.3 Å². The zero-order valence-electron chi connectivity index (χ0n) is 18.0. The normalized spacial score (nSPS) is 11.4. The first-order chi connectivity index (χ1) is 15.2. The predicted molar refractivity (Wildman–Crippen MR) is 123 cm³/mol. The molecular formula is C24H26FN3O3S. The quantitative estimate of drug-likeness (QED) is 0.517. The third kappa shape index (κ3) is 6.90. The van der Waals surface area contributed by atoms with E-state index in [0.29, 0.717) is 12.2 Å². The summed E-state index contributed by atoms with van der Waals surface area (Å²) in [6, 6.07) is 19.3. The Morgan fingerprint density at radius 2 is 1.41 bits per heavy atom. The van der Waals surface area contributed by atoms with Crippen molar-refractivity contribution in [3.8, 4) is 0 Å². The second kappa shape index (κ2) is 10.4. The Hall–Kier alpha value is -3.23. The topological polar surface area (TPSA) is 78.5 Å². The molecule has 3 rings (SSSR count). The first kappa shape index (κ1) is 23.4. The van der Waals surface area contributed by atoms with Crippen molar-refractivity contribution in [2.45, 2.75) is 24.4 Å². The second-order valence-electron chi connectivity index (χ2n) is 7.76. The van der Waals surface area contributed by atoms with Crippen molar-refractivity contribution in [2.24, 2.45) is 0 Å². The van der Waals surface area contributed by atoms with Crippen molar-refractivity contribution in [1.82, 2.24) is 10.2 Å². The van der Waals surface area contributed by atoms with Crippen LogP contribution in [0.2, 0.25) is 0 Å². The Morgan fingerprint density at radius 3 is 2.00 bits per heavy atom. The van der Waals surface area contributed by atoms with Gasteiger partial charge < -0.3 is 10.2 Å². The molecule has 6 nitrogen and oxygen atoms in total. The summed E-state index contributed by atoms with van der Waals surface area (Å²) in [6.07, 6.45) is 0.184. The van der Waals surface area contributed by atoms with Crippen LogP contribution in [0.15, 0.2) is 77.7 Å². The Morgan fingerprint density at radius 1 is 0.844 bits per heavy atom. The summed E-state index contributed by atoms with van der Waals surface area (Å²) >= 11 is 0. The van der Waals surface area contributed by atoms with Gasteiger partial charge in [-0.1, -0.05) is 36.4 Å². The zero-order valence-corrected chi connectivity index (χ0v) is 18.8. The molecule has 3 aromatic carbocycles. The van der Waals surface area contributed by atoms with E-state index >= 15 is 0 Å². The maximum absolute atomic E-state index is 13.0. The maximum atomic E-state index is 13.0. The highest BCUT2D eigenvalue weighted by Crippen LogP contribution is 2.17. The first-order valence-electron chi connectivity index (χ1n) is 10.1. The number of rotatable bonds is 9. The first-order valence-corrected chi connectivity index (χ1v) is 11.6. The molecule has 0 fully saturated rings. The van der Waals surface area contributed by atoms with E-state index in [1.54, 1.807) is 24.3 Å².